The lowest BCUT2D eigenvalue weighted by Crippen LogP contribution is -2.02. The molecule has 0 bridgehead atoms. The fraction of sp³-hybridized carbons (Fsp3) is 0.143. The third-order valence-corrected chi connectivity index (χ3v) is 5.42. The maximum absolute atomic E-state index is 2.28. The van der Waals surface area contributed by atoms with E-state index >= 15 is 0 Å². The maximum atomic E-state index is 2.28. The Morgan fingerprint density at radius 1 is 0.464 bits per heavy atom. The molecule has 0 heterocycles. The van der Waals surface area contributed by atoms with E-state index in [1.807, 2.05) is 0 Å². The molecule has 0 heteroatoms. The molecule has 28 heavy (non-hydrogen) atoms. The SMILES string of the molecule is c1ccc(-c2ccc(CCCC(c3ccccc3)c3ccccc3)cc2)cc1. The predicted molar refractivity (Wildman–Crippen MR) is 120 cm³/mol. The minimum Gasteiger partial charge on any atom is -0.0622 e. The highest BCUT2D eigenvalue weighted by Crippen LogP contribution is 2.30. The summed E-state index contributed by atoms with van der Waals surface area (Å²) in [5.74, 6) is 0.464. The molecule has 0 saturated carbocycles. The Morgan fingerprint density at radius 3 is 1.46 bits per heavy atom. The second kappa shape index (κ2) is 9.19. The number of benzene rings is 4. The smallest absolute Gasteiger partial charge is 0.00894 e. The monoisotopic (exact) mass is 362 g/mol. The molecule has 0 N–H and O–H groups in total. The van der Waals surface area contributed by atoms with Gasteiger partial charge in [-0.05, 0) is 47.1 Å². The molecule has 0 radical (unpaired) electrons. The highest BCUT2D eigenvalue weighted by atomic mass is 14.2. The van der Waals surface area contributed by atoms with Crippen LogP contribution in [0.15, 0.2) is 115 Å². The molecule has 4 aromatic carbocycles. The molecule has 138 valence electrons. The Balaban J connectivity index is 1.42. The van der Waals surface area contributed by atoms with Gasteiger partial charge in [-0.15, -0.1) is 0 Å². The summed E-state index contributed by atoms with van der Waals surface area (Å²) >= 11 is 0. The summed E-state index contributed by atoms with van der Waals surface area (Å²) in [6.45, 7) is 0. The minimum absolute atomic E-state index is 0.464. The molecule has 0 aliphatic heterocycles. The van der Waals surface area contributed by atoms with E-state index in [1.54, 1.807) is 0 Å². The van der Waals surface area contributed by atoms with Crippen molar-refractivity contribution >= 4 is 0 Å². The molecule has 4 aromatic rings. The summed E-state index contributed by atoms with van der Waals surface area (Å²) in [4.78, 5) is 0. The number of rotatable bonds is 7. The van der Waals surface area contributed by atoms with E-state index in [0.717, 1.165) is 12.8 Å². The van der Waals surface area contributed by atoms with E-state index < -0.39 is 0 Å². The topological polar surface area (TPSA) is 0 Å². The molecule has 0 fully saturated rings. The van der Waals surface area contributed by atoms with Crippen LogP contribution in [0.4, 0.5) is 0 Å². The van der Waals surface area contributed by atoms with Crippen molar-refractivity contribution in [1.29, 1.82) is 0 Å². The van der Waals surface area contributed by atoms with Gasteiger partial charge in [0.2, 0.25) is 0 Å². The highest BCUT2D eigenvalue weighted by molar-refractivity contribution is 5.63. The van der Waals surface area contributed by atoms with Gasteiger partial charge in [0.1, 0.15) is 0 Å². The first-order valence-corrected chi connectivity index (χ1v) is 10.1. The van der Waals surface area contributed by atoms with E-state index in [9.17, 15) is 0 Å². The quantitative estimate of drug-likeness (QED) is 0.319. The zero-order valence-electron chi connectivity index (χ0n) is 16.2. The van der Waals surface area contributed by atoms with Crippen molar-refractivity contribution in [1.82, 2.24) is 0 Å². The Bertz CT molecular complexity index is 915. The Hall–Kier alpha value is -3.12. The molecule has 4 rings (SSSR count). The van der Waals surface area contributed by atoms with Crippen LogP contribution < -0.4 is 0 Å². The van der Waals surface area contributed by atoms with Crippen molar-refractivity contribution < 1.29 is 0 Å². The molecule has 0 spiro atoms. The van der Waals surface area contributed by atoms with E-state index in [1.165, 1.54) is 34.2 Å². The van der Waals surface area contributed by atoms with Gasteiger partial charge in [0.05, 0.1) is 0 Å². The van der Waals surface area contributed by atoms with Crippen LogP contribution in [0.25, 0.3) is 11.1 Å². The molecule has 0 aromatic heterocycles. The van der Waals surface area contributed by atoms with Gasteiger partial charge in [0.15, 0.2) is 0 Å². The van der Waals surface area contributed by atoms with Gasteiger partial charge in [-0.1, -0.05) is 115 Å². The first kappa shape index (κ1) is 18.3. The summed E-state index contributed by atoms with van der Waals surface area (Å²) in [6.07, 6.45) is 3.46. The molecule has 0 aliphatic rings. The lowest BCUT2D eigenvalue weighted by molar-refractivity contribution is 0.661. The predicted octanol–water partition coefficient (Wildman–Crippen LogP) is 7.51. The molecule has 0 unspecified atom stereocenters. The van der Waals surface area contributed by atoms with Gasteiger partial charge in [-0.3, -0.25) is 0 Å². The average Bonchev–Trinajstić information content (AvgIpc) is 2.79. The Labute approximate surface area is 168 Å². The van der Waals surface area contributed by atoms with Crippen molar-refractivity contribution in [3.8, 4) is 11.1 Å². The van der Waals surface area contributed by atoms with E-state index in [2.05, 4.69) is 115 Å². The van der Waals surface area contributed by atoms with Crippen molar-refractivity contribution in [3.05, 3.63) is 132 Å². The summed E-state index contributed by atoms with van der Waals surface area (Å²) in [7, 11) is 0. The molecular weight excluding hydrogens is 336 g/mol. The van der Waals surface area contributed by atoms with Crippen LogP contribution in [-0.2, 0) is 6.42 Å². The van der Waals surface area contributed by atoms with E-state index in [0.29, 0.717) is 5.92 Å². The van der Waals surface area contributed by atoms with Gasteiger partial charge in [-0.2, -0.15) is 0 Å². The van der Waals surface area contributed by atoms with Gasteiger partial charge in [0.25, 0.3) is 0 Å². The molecule has 0 atom stereocenters. The zero-order chi connectivity index (χ0) is 19.0. The van der Waals surface area contributed by atoms with Crippen molar-refractivity contribution in [2.75, 3.05) is 0 Å². The molecular formula is C28H26. The number of aryl methyl sites for hydroxylation is 1. The largest absolute Gasteiger partial charge is 0.0622 e. The summed E-state index contributed by atoms with van der Waals surface area (Å²) in [5.41, 5.74) is 6.80. The zero-order valence-corrected chi connectivity index (χ0v) is 16.2. The fourth-order valence-electron chi connectivity index (χ4n) is 3.90. The summed E-state index contributed by atoms with van der Waals surface area (Å²) < 4.78 is 0. The first-order valence-electron chi connectivity index (χ1n) is 10.1. The van der Waals surface area contributed by atoms with Crippen LogP contribution in [0.3, 0.4) is 0 Å². The molecule has 0 aliphatic carbocycles. The van der Waals surface area contributed by atoms with Crippen molar-refractivity contribution in [2.24, 2.45) is 0 Å². The number of hydrogen-bond donors (Lipinski definition) is 0. The number of hydrogen-bond acceptors (Lipinski definition) is 0. The van der Waals surface area contributed by atoms with Crippen molar-refractivity contribution in [3.63, 3.8) is 0 Å². The van der Waals surface area contributed by atoms with Crippen LogP contribution in [0.5, 0.6) is 0 Å². The third kappa shape index (κ3) is 4.58. The normalized spacial score (nSPS) is 10.9. The maximum Gasteiger partial charge on any atom is 0.00894 e. The van der Waals surface area contributed by atoms with E-state index in [-0.39, 0.29) is 0 Å². The van der Waals surface area contributed by atoms with Gasteiger partial charge in [-0.25, -0.2) is 0 Å². The van der Waals surface area contributed by atoms with Crippen LogP contribution in [0, 0.1) is 0 Å². The van der Waals surface area contributed by atoms with Crippen LogP contribution in [0.1, 0.15) is 35.4 Å². The Kier molecular flexibility index (Phi) is 5.99. The second-order valence-corrected chi connectivity index (χ2v) is 7.33. The second-order valence-electron chi connectivity index (χ2n) is 7.33. The van der Waals surface area contributed by atoms with Crippen LogP contribution in [0.2, 0.25) is 0 Å². The first-order chi connectivity index (χ1) is 13.9. The molecule has 0 nitrogen and oxygen atoms in total. The van der Waals surface area contributed by atoms with Gasteiger partial charge < -0.3 is 0 Å². The lowest BCUT2D eigenvalue weighted by atomic mass is 9.86. The van der Waals surface area contributed by atoms with Gasteiger partial charge >= 0.3 is 0 Å². The molecule has 0 amide bonds. The van der Waals surface area contributed by atoms with Crippen LogP contribution in [-0.4, -0.2) is 0 Å². The highest BCUT2D eigenvalue weighted by Gasteiger charge is 2.13. The van der Waals surface area contributed by atoms with Crippen LogP contribution >= 0.6 is 0 Å². The Morgan fingerprint density at radius 2 is 0.929 bits per heavy atom. The fourth-order valence-corrected chi connectivity index (χ4v) is 3.90. The standard InChI is InChI=1S/C28H26/c1-4-12-24(13-5-1)25-21-19-23(20-22-25)11-10-18-28(26-14-6-2-7-15-26)27-16-8-3-9-17-27/h1-9,12-17,19-22,28H,10-11,18H2. The summed E-state index contributed by atoms with van der Waals surface area (Å²) in [6, 6.07) is 41.4. The minimum atomic E-state index is 0.464. The third-order valence-electron chi connectivity index (χ3n) is 5.42. The average molecular weight is 363 g/mol. The summed E-state index contributed by atoms with van der Waals surface area (Å²) in [5, 5.41) is 0. The van der Waals surface area contributed by atoms with E-state index in [4.69, 9.17) is 0 Å². The van der Waals surface area contributed by atoms with Gasteiger partial charge in [0, 0.05) is 5.92 Å². The lowest BCUT2D eigenvalue weighted by Gasteiger charge is -2.18. The molecule has 0 saturated heterocycles. The van der Waals surface area contributed by atoms with Crippen molar-refractivity contribution in [2.45, 2.75) is 25.2 Å².